The van der Waals surface area contributed by atoms with Crippen LogP contribution in [0.4, 0.5) is 0 Å². The first kappa shape index (κ1) is 8.57. The fraction of sp³-hybridized carbons (Fsp3) is 0.889. The Morgan fingerprint density at radius 2 is 2.00 bits per heavy atom. The van der Waals surface area contributed by atoms with Crippen LogP contribution in [-0.4, -0.2) is 11.4 Å². The lowest BCUT2D eigenvalue weighted by Crippen LogP contribution is -2.20. The largest absolute Gasteiger partial charge is 0.387 e. The van der Waals surface area contributed by atoms with Gasteiger partial charge in [-0.15, -0.1) is 0 Å². The van der Waals surface area contributed by atoms with Gasteiger partial charge in [0.1, 0.15) is 0 Å². The van der Waals surface area contributed by atoms with Gasteiger partial charge in [0.05, 0.1) is 11.4 Å². The smallest absolute Gasteiger partial charge is 0.0946 e. The number of hydrogen-bond donors (Lipinski definition) is 1. The van der Waals surface area contributed by atoms with Gasteiger partial charge in [0.2, 0.25) is 0 Å². The lowest BCUT2D eigenvalue weighted by Gasteiger charge is -2.13. The molecule has 0 aromatic heterocycles. The summed E-state index contributed by atoms with van der Waals surface area (Å²) in [4.78, 5) is 4.38. The number of nitrogens with zero attached hydrogens (tertiary/aromatic N) is 1. The Kier molecular flexibility index (Phi) is 2.21. The van der Waals surface area contributed by atoms with E-state index in [-0.39, 0.29) is 5.54 Å². The Morgan fingerprint density at radius 1 is 1.45 bits per heavy atom. The molecule has 1 aliphatic rings. The highest BCUT2D eigenvalue weighted by Crippen LogP contribution is 2.32. The average Bonchev–Trinajstić information content (AvgIpc) is 2.42. The molecule has 0 saturated heterocycles. The van der Waals surface area contributed by atoms with Gasteiger partial charge in [-0.3, -0.25) is 4.99 Å². The molecule has 0 amide bonds. The van der Waals surface area contributed by atoms with Gasteiger partial charge in [0, 0.05) is 6.42 Å². The molecule has 1 rings (SSSR count). The van der Waals surface area contributed by atoms with Crippen LogP contribution in [0, 0.1) is 5.92 Å². The average molecular weight is 154 g/mol. The van der Waals surface area contributed by atoms with Crippen molar-refractivity contribution in [1.82, 2.24) is 0 Å². The van der Waals surface area contributed by atoms with Crippen molar-refractivity contribution in [1.29, 1.82) is 0 Å². The van der Waals surface area contributed by atoms with Crippen LogP contribution < -0.4 is 5.73 Å². The zero-order chi connectivity index (χ0) is 8.48. The van der Waals surface area contributed by atoms with Crippen LogP contribution in [0.25, 0.3) is 0 Å². The van der Waals surface area contributed by atoms with E-state index in [9.17, 15) is 0 Å². The molecule has 11 heavy (non-hydrogen) atoms. The maximum Gasteiger partial charge on any atom is 0.0946 e. The molecule has 0 aromatic carbocycles. The molecule has 0 aliphatic heterocycles. The topological polar surface area (TPSA) is 38.4 Å². The number of nitrogens with two attached hydrogens (primary N) is 1. The maximum absolute atomic E-state index is 5.75. The second-order valence-corrected chi connectivity index (χ2v) is 4.42. The first-order valence-electron chi connectivity index (χ1n) is 4.31. The monoisotopic (exact) mass is 154 g/mol. The minimum atomic E-state index is -0.00102. The molecule has 2 nitrogen and oxygen atoms in total. The fourth-order valence-corrected chi connectivity index (χ4v) is 1.09. The quantitative estimate of drug-likeness (QED) is 0.479. The van der Waals surface area contributed by atoms with Crippen molar-refractivity contribution < 1.29 is 0 Å². The molecular weight excluding hydrogens is 136 g/mol. The predicted octanol–water partition coefficient (Wildman–Crippen LogP) is 1.94. The number of rotatable bonds is 2. The lowest BCUT2D eigenvalue weighted by atomic mass is 10.1. The third-order valence-electron chi connectivity index (χ3n) is 1.67. The summed E-state index contributed by atoms with van der Waals surface area (Å²) < 4.78 is 0. The Morgan fingerprint density at radius 3 is 2.36 bits per heavy atom. The Bertz CT molecular complexity index is 161. The van der Waals surface area contributed by atoms with Crippen LogP contribution >= 0.6 is 0 Å². The van der Waals surface area contributed by atoms with Crippen molar-refractivity contribution in [2.75, 3.05) is 0 Å². The molecule has 0 atom stereocenters. The highest BCUT2D eigenvalue weighted by atomic mass is 14.9. The molecule has 1 saturated carbocycles. The van der Waals surface area contributed by atoms with Crippen molar-refractivity contribution >= 4 is 5.84 Å². The maximum atomic E-state index is 5.75. The van der Waals surface area contributed by atoms with Crippen LogP contribution in [-0.2, 0) is 0 Å². The van der Waals surface area contributed by atoms with Gasteiger partial charge < -0.3 is 5.73 Å². The van der Waals surface area contributed by atoms with E-state index in [1.54, 1.807) is 0 Å². The minimum Gasteiger partial charge on any atom is -0.387 e. The van der Waals surface area contributed by atoms with E-state index in [0.29, 0.717) is 0 Å². The summed E-state index contributed by atoms with van der Waals surface area (Å²) in [6, 6.07) is 0. The summed E-state index contributed by atoms with van der Waals surface area (Å²) in [5, 5.41) is 0. The standard InChI is InChI=1S/C9H18N2/c1-9(2,3)11-8(10)6-7-4-5-7/h7H,4-6H2,1-3H3,(H2,10,11). The molecule has 1 fully saturated rings. The molecule has 64 valence electrons. The first-order chi connectivity index (χ1) is 4.97. The van der Waals surface area contributed by atoms with Gasteiger partial charge in [0.15, 0.2) is 0 Å². The Hall–Kier alpha value is -0.530. The van der Waals surface area contributed by atoms with Crippen LogP contribution in [0.3, 0.4) is 0 Å². The van der Waals surface area contributed by atoms with Gasteiger partial charge >= 0.3 is 0 Å². The Balaban J connectivity index is 2.37. The van der Waals surface area contributed by atoms with Crippen LogP contribution in [0.15, 0.2) is 4.99 Å². The van der Waals surface area contributed by atoms with E-state index < -0.39 is 0 Å². The summed E-state index contributed by atoms with van der Waals surface area (Å²) in [6.07, 6.45) is 3.71. The second-order valence-electron chi connectivity index (χ2n) is 4.42. The molecule has 0 spiro atoms. The first-order valence-corrected chi connectivity index (χ1v) is 4.31. The fourth-order valence-electron chi connectivity index (χ4n) is 1.09. The van der Waals surface area contributed by atoms with Crippen molar-refractivity contribution in [2.45, 2.75) is 45.6 Å². The number of hydrogen-bond acceptors (Lipinski definition) is 1. The highest BCUT2D eigenvalue weighted by molar-refractivity contribution is 5.81. The molecule has 0 aromatic rings. The minimum absolute atomic E-state index is 0.00102. The normalized spacial score (nSPS) is 20.5. The van der Waals surface area contributed by atoms with Crippen LogP contribution in [0.5, 0.6) is 0 Å². The molecule has 0 heterocycles. The molecule has 1 aliphatic carbocycles. The lowest BCUT2D eigenvalue weighted by molar-refractivity contribution is 0.579. The summed E-state index contributed by atoms with van der Waals surface area (Å²) >= 11 is 0. The number of amidine groups is 1. The van der Waals surface area contributed by atoms with Gasteiger partial charge in [-0.1, -0.05) is 0 Å². The molecule has 0 unspecified atom stereocenters. The van der Waals surface area contributed by atoms with E-state index in [4.69, 9.17) is 5.73 Å². The summed E-state index contributed by atoms with van der Waals surface area (Å²) in [5.74, 6) is 1.68. The SMILES string of the molecule is CC(C)(C)N=C(N)CC1CC1. The zero-order valence-electron chi connectivity index (χ0n) is 7.72. The predicted molar refractivity (Wildman–Crippen MR) is 48.7 cm³/mol. The molecule has 2 N–H and O–H groups in total. The number of aliphatic imine (C=N–C) groups is 1. The van der Waals surface area contributed by atoms with Gasteiger partial charge in [0.25, 0.3) is 0 Å². The van der Waals surface area contributed by atoms with Gasteiger partial charge in [-0.05, 0) is 39.5 Å². The Labute approximate surface area is 68.9 Å². The summed E-state index contributed by atoms with van der Waals surface area (Å²) in [5.41, 5.74) is 5.75. The third-order valence-corrected chi connectivity index (χ3v) is 1.67. The van der Waals surface area contributed by atoms with Crippen molar-refractivity contribution in [3.05, 3.63) is 0 Å². The van der Waals surface area contributed by atoms with E-state index in [1.165, 1.54) is 12.8 Å². The molecule has 0 bridgehead atoms. The van der Waals surface area contributed by atoms with E-state index in [1.807, 2.05) is 0 Å². The summed E-state index contributed by atoms with van der Waals surface area (Å²) in [7, 11) is 0. The molecule has 0 radical (unpaired) electrons. The van der Waals surface area contributed by atoms with Crippen molar-refractivity contribution in [3.63, 3.8) is 0 Å². The molecular formula is C9H18N2. The second kappa shape index (κ2) is 2.84. The highest BCUT2D eigenvalue weighted by Gasteiger charge is 2.22. The van der Waals surface area contributed by atoms with Crippen molar-refractivity contribution in [2.24, 2.45) is 16.6 Å². The van der Waals surface area contributed by atoms with E-state index in [0.717, 1.165) is 18.2 Å². The van der Waals surface area contributed by atoms with Crippen LogP contribution in [0.1, 0.15) is 40.0 Å². The molecule has 2 heteroatoms. The van der Waals surface area contributed by atoms with Gasteiger partial charge in [-0.2, -0.15) is 0 Å². The zero-order valence-corrected chi connectivity index (χ0v) is 7.72. The van der Waals surface area contributed by atoms with Crippen molar-refractivity contribution in [3.8, 4) is 0 Å². The van der Waals surface area contributed by atoms with E-state index >= 15 is 0 Å². The van der Waals surface area contributed by atoms with Crippen LogP contribution in [0.2, 0.25) is 0 Å². The van der Waals surface area contributed by atoms with E-state index in [2.05, 4.69) is 25.8 Å². The van der Waals surface area contributed by atoms with Gasteiger partial charge in [-0.25, -0.2) is 0 Å². The third kappa shape index (κ3) is 4.02. The summed E-state index contributed by atoms with van der Waals surface area (Å²) in [6.45, 7) is 6.23.